The Labute approximate surface area is 115 Å². The Bertz CT molecular complexity index is 836. The van der Waals surface area contributed by atoms with Crippen molar-refractivity contribution < 1.29 is 8.42 Å². The van der Waals surface area contributed by atoms with Gasteiger partial charge in [-0.05, 0) is 18.2 Å². The molecule has 0 fully saturated rings. The molecular formula is C12H13N5O2S. The van der Waals surface area contributed by atoms with Crippen molar-refractivity contribution in [2.24, 2.45) is 0 Å². The third kappa shape index (κ3) is 2.26. The number of nitrogen functional groups attached to an aromatic ring is 1. The minimum Gasteiger partial charge on any atom is -0.399 e. The fraction of sp³-hybridized carbons (Fsp3) is 0.0833. The molecule has 20 heavy (non-hydrogen) atoms. The number of nitrogens with one attached hydrogen (secondary N) is 3. The molecule has 7 nitrogen and oxygen atoms in total. The van der Waals surface area contributed by atoms with Gasteiger partial charge < -0.3 is 15.7 Å². The second kappa shape index (κ2) is 4.66. The molecule has 0 aliphatic carbocycles. The number of hydrogen-bond donors (Lipinski definition) is 4. The van der Waals surface area contributed by atoms with Gasteiger partial charge in [0.1, 0.15) is 10.7 Å². The summed E-state index contributed by atoms with van der Waals surface area (Å²) in [4.78, 5) is 9.90. The van der Waals surface area contributed by atoms with Crippen molar-refractivity contribution in [1.82, 2.24) is 19.7 Å². The zero-order chi connectivity index (χ0) is 14.2. The zero-order valence-electron chi connectivity index (χ0n) is 10.4. The van der Waals surface area contributed by atoms with Crippen LogP contribution in [0.4, 0.5) is 5.69 Å². The van der Waals surface area contributed by atoms with Crippen molar-refractivity contribution in [2.45, 2.75) is 11.4 Å². The van der Waals surface area contributed by atoms with Crippen LogP contribution in [0.1, 0.15) is 5.82 Å². The van der Waals surface area contributed by atoms with Crippen LogP contribution in [-0.4, -0.2) is 23.4 Å². The fourth-order valence-electron chi connectivity index (χ4n) is 1.98. The number of H-pyrrole nitrogens is 2. The van der Waals surface area contributed by atoms with Gasteiger partial charge in [-0.15, -0.1) is 0 Å². The molecule has 0 saturated heterocycles. The van der Waals surface area contributed by atoms with Gasteiger partial charge in [-0.2, -0.15) is 0 Å². The van der Waals surface area contributed by atoms with E-state index in [1.807, 2.05) is 0 Å². The molecule has 2 heterocycles. The Morgan fingerprint density at radius 1 is 1.30 bits per heavy atom. The molecule has 8 heteroatoms. The van der Waals surface area contributed by atoms with Crippen LogP contribution in [0.3, 0.4) is 0 Å². The maximum absolute atomic E-state index is 12.3. The van der Waals surface area contributed by atoms with Gasteiger partial charge in [0.2, 0.25) is 10.0 Å². The van der Waals surface area contributed by atoms with Gasteiger partial charge in [-0.1, -0.05) is 0 Å². The van der Waals surface area contributed by atoms with Crippen LogP contribution < -0.4 is 10.5 Å². The van der Waals surface area contributed by atoms with Crippen LogP contribution in [0.15, 0.2) is 41.7 Å². The normalized spacial score (nSPS) is 12.0. The molecule has 0 aliphatic rings. The second-order valence-corrected chi connectivity index (χ2v) is 6.05. The lowest BCUT2D eigenvalue weighted by atomic mass is 10.2. The van der Waals surface area contributed by atoms with Gasteiger partial charge in [-0.3, -0.25) is 0 Å². The summed E-state index contributed by atoms with van der Waals surface area (Å²) in [5.74, 6) is 0.553. The molecule has 104 valence electrons. The SMILES string of the molecule is Nc1ccc2c(S(=O)(=O)NCc3ncc[nH]3)c[nH]c2c1. The number of anilines is 1. The number of fused-ring (bicyclic) bond motifs is 1. The number of hydrogen-bond acceptors (Lipinski definition) is 4. The summed E-state index contributed by atoms with van der Waals surface area (Å²) in [6, 6.07) is 5.05. The lowest BCUT2D eigenvalue weighted by Gasteiger charge is -2.04. The van der Waals surface area contributed by atoms with E-state index >= 15 is 0 Å². The van der Waals surface area contributed by atoms with Gasteiger partial charge in [-0.25, -0.2) is 18.1 Å². The molecule has 5 N–H and O–H groups in total. The summed E-state index contributed by atoms with van der Waals surface area (Å²) in [6.07, 6.45) is 4.66. The third-order valence-corrected chi connectivity index (χ3v) is 4.38. The Morgan fingerprint density at radius 3 is 2.90 bits per heavy atom. The van der Waals surface area contributed by atoms with E-state index in [1.54, 1.807) is 30.6 Å². The van der Waals surface area contributed by atoms with Gasteiger partial charge in [0.15, 0.2) is 0 Å². The largest absolute Gasteiger partial charge is 0.399 e. The highest BCUT2D eigenvalue weighted by molar-refractivity contribution is 7.89. The van der Waals surface area contributed by atoms with Gasteiger partial charge in [0.05, 0.1) is 6.54 Å². The maximum atomic E-state index is 12.3. The number of benzene rings is 1. The van der Waals surface area contributed by atoms with Crippen molar-refractivity contribution in [3.63, 3.8) is 0 Å². The number of aromatic nitrogens is 3. The molecule has 3 rings (SSSR count). The minimum atomic E-state index is -3.61. The van der Waals surface area contributed by atoms with E-state index in [4.69, 9.17) is 5.73 Å². The molecule has 0 atom stereocenters. The first kappa shape index (κ1) is 12.7. The molecule has 0 saturated carbocycles. The molecule has 1 aromatic carbocycles. The monoisotopic (exact) mass is 291 g/mol. The van der Waals surface area contributed by atoms with Crippen molar-refractivity contribution in [2.75, 3.05) is 5.73 Å². The Kier molecular flexibility index (Phi) is 2.96. The molecule has 3 aromatic rings. The van der Waals surface area contributed by atoms with Crippen LogP contribution >= 0.6 is 0 Å². The van der Waals surface area contributed by atoms with E-state index in [0.29, 0.717) is 22.4 Å². The van der Waals surface area contributed by atoms with Crippen LogP contribution in [-0.2, 0) is 16.6 Å². The predicted octanol–water partition coefficient (Wildman–Crippen LogP) is 0.952. The fourth-order valence-corrected chi connectivity index (χ4v) is 3.14. The number of nitrogens with two attached hydrogens (primary N) is 1. The van der Waals surface area contributed by atoms with Crippen LogP contribution in [0.25, 0.3) is 10.9 Å². The Balaban J connectivity index is 1.93. The Hall–Kier alpha value is -2.32. The quantitative estimate of drug-likeness (QED) is 0.535. The number of sulfonamides is 1. The first-order chi connectivity index (χ1) is 9.56. The van der Waals surface area contributed by atoms with E-state index in [2.05, 4.69) is 19.7 Å². The van der Waals surface area contributed by atoms with E-state index in [1.165, 1.54) is 6.20 Å². The van der Waals surface area contributed by atoms with Gasteiger partial charge >= 0.3 is 0 Å². The maximum Gasteiger partial charge on any atom is 0.243 e. The summed E-state index contributed by atoms with van der Waals surface area (Å²) in [5.41, 5.74) is 6.93. The van der Waals surface area contributed by atoms with Crippen molar-refractivity contribution in [3.8, 4) is 0 Å². The van der Waals surface area contributed by atoms with E-state index < -0.39 is 10.0 Å². The number of nitrogens with zero attached hydrogens (tertiary/aromatic N) is 1. The second-order valence-electron chi connectivity index (χ2n) is 4.32. The first-order valence-corrected chi connectivity index (χ1v) is 7.39. The summed E-state index contributed by atoms with van der Waals surface area (Å²) in [6.45, 7) is 0.108. The van der Waals surface area contributed by atoms with Crippen LogP contribution in [0, 0.1) is 0 Å². The van der Waals surface area contributed by atoms with E-state index in [9.17, 15) is 8.42 Å². The molecule has 0 unspecified atom stereocenters. The highest BCUT2D eigenvalue weighted by Crippen LogP contribution is 2.24. The van der Waals surface area contributed by atoms with Crippen LogP contribution in [0.2, 0.25) is 0 Å². The average Bonchev–Trinajstić information content (AvgIpc) is 3.05. The van der Waals surface area contributed by atoms with Crippen molar-refractivity contribution >= 4 is 26.6 Å². The highest BCUT2D eigenvalue weighted by atomic mass is 32.2. The Morgan fingerprint density at radius 2 is 2.15 bits per heavy atom. The van der Waals surface area contributed by atoms with E-state index in [-0.39, 0.29) is 11.4 Å². The van der Waals surface area contributed by atoms with Gasteiger partial charge in [0, 0.05) is 35.2 Å². The van der Waals surface area contributed by atoms with E-state index in [0.717, 1.165) is 0 Å². The smallest absolute Gasteiger partial charge is 0.243 e. The molecular weight excluding hydrogens is 278 g/mol. The number of rotatable bonds is 4. The first-order valence-electron chi connectivity index (χ1n) is 5.91. The zero-order valence-corrected chi connectivity index (χ0v) is 11.2. The predicted molar refractivity (Wildman–Crippen MR) is 75.3 cm³/mol. The summed E-state index contributed by atoms with van der Waals surface area (Å²) in [5, 5.41) is 0.603. The molecule has 0 bridgehead atoms. The average molecular weight is 291 g/mol. The topological polar surface area (TPSA) is 117 Å². The molecule has 0 spiro atoms. The van der Waals surface area contributed by atoms with Crippen LogP contribution in [0.5, 0.6) is 0 Å². The lowest BCUT2D eigenvalue weighted by molar-refractivity contribution is 0.580. The molecule has 0 aliphatic heterocycles. The standard InChI is InChI=1S/C12H13N5O2S/c13-8-1-2-9-10(5-8)16-6-11(9)20(18,19)17-7-12-14-3-4-15-12/h1-6,16-17H,7,13H2,(H,14,15). The van der Waals surface area contributed by atoms with Gasteiger partial charge in [0.25, 0.3) is 0 Å². The van der Waals surface area contributed by atoms with Crippen molar-refractivity contribution in [1.29, 1.82) is 0 Å². The number of imidazole rings is 1. The lowest BCUT2D eigenvalue weighted by Crippen LogP contribution is -2.23. The molecule has 0 radical (unpaired) electrons. The molecule has 0 amide bonds. The summed E-state index contributed by atoms with van der Waals surface area (Å²) >= 11 is 0. The number of aromatic amines is 2. The van der Waals surface area contributed by atoms with Crippen molar-refractivity contribution in [3.05, 3.63) is 42.6 Å². The summed E-state index contributed by atoms with van der Waals surface area (Å²) in [7, 11) is -3.61. The summed E-state index contributed by atoms with van der Waals surface area (Å²) < 4.78 is 27.1. The third-order valence-electron chi connectivity index (χ3n) is 2.94. The highest BCUT2D eigenvalue weighted by Gasteiger charge is 2.19. The molecule has 2 aromatic heterocycles. The minimum absolute atomic E-state index is 0.108.